The van der Waals surface area contributed by atoms with Crippen LogP contribution < -0.4 is 15.2 Å². The summed E-state index contributed by atoms with van der Waals surface area (Å²) in [5, 5.41) is 13.5. The molecule has 0 radical (unpaired) electrons. The van der Waals surface area contributed by atoms with Crippen molar-refractivity contribution in [1.82, 2.24) is 20.6 Å². The van der Waals surface area contributed by atoms with Crippen molar-refractivity contribution in [3.63, 3.8) is 0 Å². The Morgan fingerprint density at radius 3 is 2.62 bits per heavy atom. The first kappa shape index (κ1) is 10.2. The summed E-state index contributed by atoms with van der Waals surface area (Å²) in [7, 11) is 3.07. The zero-order chi connectivity index (χ0) is 11.5. The standard InChI is InChI=1S/C9H11N5O2/c1-15-6-4-3-5(7(10)8(6)16-2)9-11-13-14-12-9/h3-4H,10H2,1-2H3,(H,11,12,13,14). The number of hydrogen-bond donors (Lipinski definition) is 2. The molecule has 1 aromatic heterocycles. The van der Waals surface area contributed by atoms with Gasteiger partial charge in [0, 0.05) is 0 Å². The van der Waals surface area contributed by atoms with E-state index in [9.17, 15) is 0 Å². The summed E-state index contributed by atoms with van der Waals surface area (Å²) in [6.45, 7) is 0. The summed E-state index contributed by atoms with van der Waals surface area (Å²) >= 11 is 0. The molecule has 0 bridgehead atoms. The molecule has 84 valence electrons. The molecule has 0 atom stereocenters. The Hall–Kier alpha value is -2.31. The first-order valence-corrected chi connectivity index (χ1v) is 4.52. The number of nitrogens with two attached hydrogens (primary N) is 1. The average Bonchev–Trinajstić information content (AvgIpc) is 2.81. The van der Waals surface area contributed by atoms with Crippen molar-refractivity contribution in [2.45, 2.75) is 0 Å². The zero-order valence-corrected chi connectivity index (χ0v) is 8.89. The number of tetrazole rings is 1. The van der Waals surface area contributed by atoms with E-state index in [1.54, 1.807) is 19.2 Å². The van der Waals surface area contributed by atoms with E-state index in [1.807, 2.05) is 0 Å². The van der Waals surface area contributed by atoms with E-state index in [0.29, 0.717) is 28.6 Å². The summed E-state index contributed by atoms with van der Waals surface area (Å²) in [5.41, 5.74) is 7.00. The van der Waals surface area contributed by atoms with Crippen LogP contribution in [0.1, 0.15) is 0 Å². The third-order valence-corrected chi connectivity index (χ3v) is 2.17. The van der Waals surface area contributed by atoms with Crippen molar-refractivity contribution >= 4 is 5.69 Å². The van der Waals surface area contributed by atoms with Crippen LogP contribution in [0.25, 0.3) is 11.4 Å². The topological polar surface area (TPSA) is 98.9 Å². The molecule has 0 aliphatic heterocycles. The lowest BCUT2D eigenvalue weighted by molar-refractivity contribution is 0.356. The number of aromatic nitrogens is 4. The minimum absolute atomic E-state index is 0.415. The fourth-order valence-corrected chi connectivity index (χ4v) is 1.42. The van der Waals surface area contributed by atoms with Gasteiger partial charge in [-0.3, -0.25) is 0 Å². The van der Waals surface area contributed by atoms with Crippen LogP contribution in [0.5, 0.6) is 11.5 Å². The molecular weight excluding hydrogens is 210 g/mol. The van der Waals surface area contributed by atoms with Gasteiger partial charge in [0.15, 0.2) is 11.5 Å². The maximum absolute atomic E-state index is 5.93. The Bertz CT molecular complexity index is 483. The third kappa shape index (κ3) is 1.52. The van der Waals surface area contributed by atoms with E-state index >= 15 is 0 Å². The van der Waals surface area contributed by atoms with Gasteiger partial charge >= 0.3 is 0 Å². The third-order valence-electron chi connectivity index (χ3n) is 2.17. The minimum atomic E-state index is 0.415. The van der Waals surface area contributed by atoms with Crippen LogP contribution in [-0.2, 0) is 0 Å². The van der Waals surface area contributed by atoms with E-state index in [4.69, 9.17) is 15.2 Å². The van der Waals surface area contributed by atoms with Crippen molar-refractivity contribution in [1.29, 1.82) is 0 Å². The van der Waals surface area contributed by atoms with Gasteiger partial charge < -0.3 is 15.2 Å². The molecule has 16 heavy (non-hydrogen) atoms. The Balaban J connectivity index is 2.57. The van der Waals surface area contributed by atoms with Crippen LogP contribution >= 0.6 is 0 Å². The van der Waals surface area contributed by atoms with Crippen molar-refractivity contribution < 1.29 is 9.47 Å². The van der Waals surface area contributed by atoms with E-state index < -0.39 is 0 Å². The summed E-state index contributed by atoms with van der Waals surface area (Å²) in [5.74, 6) is 1.44. The monoisotopic (exact) mass is 221 g/mol. The average molecular weight is 221 g/mol. The van der Waals surface area contributed by atoms with Gasteiger partial charge in [-0.25, -0.2) is 0 Å². The highest BCUT2D eigenvalue weighted by molar-refractivity contribution is 5.79. The quantitative estimate of drug-likeness (QED) is 0.731. The van der Waals surface area contributed by atoms with Gasteiger partial charge in [0.05, 0.1) is 25.5 Å². The lowest BCUT2D eigenvalue weighted by Gasteiger charge is -2.11. The number of benzene rings is 1. The number of H-pyrrole nitrogens is 1. The van der Waals surface area contributed by atoms with Gasteiger partial charge in [-0.2, -0.15) is 5.21 Å². The second-order valence-electron chi connectivity index (χ2n) is 3.00. The molecule has 0 unspecified atom stereocenters. The van der Waals surface area contributed by atoms with Crippen molar-refractivity contribution in [3.8, 4) is 22.9 Å². The molecule has 2 rings (SSSR count). The highest BCUT2D eigenvalue weighted by atomic mass is 16.5. The number of nitrogens with zero attached hydrogens (tertiary/aromatic N) is 3. The second kappa shape index (κ2) is 4.05. The van der Waals surface area contributed by atoms with E-state index in [0.717, 1.165) is 0 Å². The highest BCUT2D eigenvalue weighted by Gasteiger charge is 2.15. The van der Waals surface area contributed by atoms with Crippen LogP contribution in [-0.4, -0.2) is 34.8 Å². The highest BCUT2D eigenvalue weighted by Crippen LogP contribution is 2.38. The molecule has 0 amide bonds. The lowest BCUT2D eigenvalue weighted by Crippen LogP contribution is -1.99. The number of hydrogen-bond acceptors (Lipinski definition) is 6. The molecule has 0 saturated carbocycles. The summed E-state index contributed by atoms with van der Waals surface area (Å²) in [6.07, 6.45) is 0. The molecule has 0 aliphatic carbocycles. The smallest absolute Gasteiger partial charge is 0.206 e. The molecule has 0 spiro atoms. The van der Waals surface area contributed by atoms with Gasteiger partial charge in [-0.05, 0) is 17.3 Å². The number of nitrogen functional groups attached to an aromatic ring is 1. The molecule has 0 fully saturated rings. The van der Waals surface area contributed by atoms with Gasteiger partial charge in [-0.1, -0.05) is 0 Å². The zero-order valence-electron chi connectivity index (χ0n) is 8.89. The van der Waals surface area contributed by atoms with Crippen LogP contribution in [0.4, 0.5) is 5.69 Å². The Kier molecular flexibility index (Phi) is 2.59. The van der Waals surface area contributed by atoms with Gasteiger partial charge in [0.2, 0.25) is 5.82 Å². The van der Waals surface area contributed by atoms with Gasteiger partial charge in [0.1, 0.15) is 0 Å². The van der Waals surface area contributed by atoms with Crippen molar-refractivity contribution in [3.05, 3.63) is 12.1 Å². The number of aromatic amines is 1. The van der Waals surface area contributed by atoms with E-state index in [2.05, 4.69) is 20.6 Å². The molecule has 0 aliphatic rings. The number of methoxy groups -OCH3 is 2. The van der Waals surface area contributed by atoms with Crippen LogP contribution in [0, 0.1) is 0 Å². The van der Waals surface area contributed by atoms with Crippen molar-refractivity contribution in [2.24, 2.45) is 0 Å². The van der Waals surface area contributed by atoms with Crippen molar-refractivity contribution in [2.75, 3.05) is 20.0 Å². The molecule has 2 aromatic rings. The molecule has 7 nitrogen and oxygen atoms in total. The summed E-state index contributed by atoms with van der Waals surface area (Å²) < 4.78 is 10.3. The largest absolute Gasteiger partial charge is 0.493 e. The minimum Gasteiger partial charge on any atom is -0.493 e. The maximum Gasteiger partial charge on any atom is 0.206 e. The number of rotatable bonds is 3. The Labute approximate surface area is 91.6 Å². The van der Waals surface area contributed by atoms with E-state index in [-0.39, 0.29) is 0 Å². The Morgan fingerprint density at radius 1 is 1.25 bits per heavy atom. The molecule has 7 heteroatoms. The summed E-state index contributed by atoms with van der Waals surface area (Å²) in [6, 6.07) is 3.49. The van der Waals surface area contributed by atoms with Crippen LogP contribution in [0.15, 0.2) is 12.1 Å². The molecule has 1 heterocycles. The van der Waals surface area contributed by atoms with Gasteiger partial charge in [0.25, 0.3) is 0 Å². The number of ether oxygens (including phenoxy) is 2. The molecule has 3 N–H and O–H groups in total. The van der Waals surface area contributed by atoms with Gasteiger partial charge in [-0.15, -0.1) is 10.2 Å². The van der Waals surface area contributed by atoms with E-state index in [1.165, 1.54) is 7.11 Å². The first-order chi connectivity index (χ1) is 7.77. The SMILES string of the molecule is COc1ccc(-c2nn[nH]n2)c(N)c1OC. The predicted molar refractivity (Wildman–Crippen MR) is 57.1 cm³/mol. The molecule has 1 aromatic carbocycles. The fraction of sp³-hybridized carbons (Fsp3) is 0.222. The second-order valence-corrected chi connectivity index (χ2v) is 3.00. The number of nitrogens with one attached hydrogen (secondary N) is 1. The van der Waals surface area contributed by atoms with Crippen LogP contribution in [0.3, 0.4) is 0 Å². The lowest BCUT2D eigenvalue weighted by atomic mass is 10.1. The Morgan fingerprint density at radius 2 is 2.06 bits per heavy atom. The summed E-state index contributed by atoms with van der Waals surface area (Å²) in [4.78, 5) is 0. The maximum atomic E-state index is 5.93. The normalized spacial score (nSPS) is 10.1. The first-order valence-electron chi connectivity index (χ1n) is 4.52. The fourth-order valence-electron chi connectivity index (χ4n) is 1.42. The predicted octanol–water partition coefficient (Wildman–Crippen LogP) is 0.466. The molecule has 0 saturated heterocycles. The number of anilines is 1. The molecular formula is C9H11N5O2. The van der Waals surface area contributed by atoms with Crippen LogP contribution in [0.2, 0.25) is 0 Å².